The van der Waals surface area contributed by atoms with Crippen LogP contribution in [0.5, 0.6) is 5.75 Å². The van der Waals surface area contributed by atoms with Crippen LogP contribution in [0.4, 0.5) is 4.79 Å². The lowest BCUT2D eigenvalue weighted by Gasteiger charge is -2.25. The molecule has 6 nitrogen and oxygen atoms in total. The number of carbonyl (C=O) groups excluding carboxylic acids is 2. The Kier molecular flexibility index (Phi) is 7.22. The number of amides is 3. The van der Waals surface area contributed by atoms with E-state index >= 15 is 0 Å². The monoisotopic (exact) mass is 335 g/mol. The molecule has 1 atom stereocenters. The number of nitrogens with zero attached hydrogens (tertiary/aromatic N) is 1. The van der Waals surface area contributed by atoms with Gasteiger partial charge in [0.15, 0.2) is 0 Å². The molecule has 0 radical (unpaired) electrons. The third-order valence-corrected chi connectivity index (χ3v) is 3.56. The summed E-state index contributed by atoms with van der Waals surface area (Å²) in [5.41, 5.74) is 0.686. The van der Waals surface area contributed by atoms with Gasteiger partial charge in [0.25, 0.3) is 0 Å². The van der Waals surface area contributed by atoms with E-state index in [2.05, 4.69) is 10.6 Å². The lowest BCUT2D eigenvalue weighted by molar-refractivity contribution is -0.124. The van der Waals surface area contributed by atoms with E-state index in [-0.39, 0.29) is 11.4 Å². The van der Waals surface area contributed by atoms with E-state index < -0.39 is 12.1 Å². The van der Waals surface area contributed by atoms with Crippen LogP contribution in [0.2, 0.25) is 0 Å². The van der Waals surface area contributed by atoms with Gasteiger partial charge in [0, 0.05) is 12.1 Å². The van der Waals surface area contributed by atoms with Gasteiger partial charge < -0.3 is 10.1 Å². The van der Waals surface area contributed by atoms with Crippen LogP contribution in [0, 0.1) is 6.92 Å². The zero-order valence-corrected chi connectivity index (χ0v) is 15.5. The van der Waals surface area contributed by atoms with Crippen molar-refractivity contribution in [1.29, 1.82) is 0 Å². The molecule has 2 N–H and O–H groups in total. The first kappa shape index (κ1) is 20.0. The van der Waals surface area contributed by atoms with Crippen molar-refractivity contribution in [3.63, 3.8) is 0 Å². The van der Waals surface area contributed by atoms with Gasteiger partial charge >= 0.3 is 6.03 Å². The number of likely N-dealkylation sites (N-methyl/N-ethyl adjacent to an activating group) is 1. The fourth-order valence-corrected chi connectivity index (χ4v) is 2.00. The van der Waals surface area contributed by atoms with E-state index in [9.17, 15) is 9.59 Å². The highest BCUT2D eigenvalue weighted by molar-refractivity contribution is 5.97. The average molecular weight is 335 g/mol. The van der Waals surface area contributed by atoms with Crippen LogP contribution in [-0.2, 0) is 4.79 Å². The minimum atomic E-state index is -0.482. The molecule has 0 aliphatic carbocycles. The van der Waals surface area contributed by atoms with Crippen molar-refractivity contribution < 1.29 is 14.3 Å². The minimum Gasteiger partial charge on any atom is -0.492 e. The highest BCUT2D eigenvalue weighted by Crippen LogP contribution is 2.15. The lowest BCUT2D eigenvalue weighted by Crippen LogP contribution is -2.52. The van der Waals surface area contributed by atoms with Crippen LogP contribution < -0.4 is 15.4 Å². The molecule has 0 bridgehead atoms. The predicted octanol–water partition coefficient (Wildman–Crippen LogP) is 2.32. The van der Waals surface area contributed by atoms with Crippen LogP contribution in [0.3, 0.4) is 0 Å². The van der Waals surface area contributed by atoms with Crippen LogP contribution in [0.1, 0.15) is 33.3 Å². The van der Waals surface area contributed by atoms with Gasteiger partial charge in [-0.25, -0.2) is 4.79 Å². The Balaban J connectivity index is 2.41. The van der Waals surface area contributed by atoms with Gasteiger partial charge in [-0.05, 0) is 53.3 Å². The highest BCUT2D eigenvalue weighted by Gasteiger charge is 2.22. The van der Waals surface area contributed by atoms with Gasteiger partial charge in [0.2, 0.25) is 5.91 Å². The first-order chi connectivity index (χ1) is 11.1. The Labute approximate surface area is 144 Å². The van der Waals surface area contributed by atoms with Crippen LogP contribution in [0.25, 0.3) is 0 Å². The number of hydrogen-bond acceptors (Lipinski definition) is 4. The molecule has 1 aromatic carbocycles. The number of benzene rings is 1. The quantitative estimate of drug-likeness (QED) is 0.837. The second kappa shape index (κ2) is 8.68. The van der Waals surface area contributed by atoms with Crippen LogP contribution >= 0.6 is 0 Å². The number of ether oxygens (including phenoxy) is 1. The molecule has 0 saturated carbocycles. The normalized spacial score (nSPS) is 12.6. The van der Waals surface area contributed by atoms with E-state index in [1.165, 1.54) is 0 Å². The number of para-hydroxylation sites is 1. The Bertz CT molecular complexity index is 567. The molecule has 6 heteroatoms. The molecular formula is C18H29N3O3. The van der Waals surface area contributed by atoms with Crippen molar-refractivity contribution in [1.82, 2.24) is 15.5 Å². The number of nitrogens with one attached hydrogen (secondary N) is 2. The fraction of sp³-hybridized carbons (Fsp3) is 0.556. The number of imide groups is 1. The standard InChI is InChI=1S/C18H29N3O3/c1-13-9-7-8-10-15(13)24-12-11-21(6)14(2)16(22)19-17(23)20-18(3,4)5/h7-10,14H,11-12H2,1-6H3,(H2,19,20,22,23)/t14-/m0/s1. The van der Waals surface area contributed by atoms with Gasteiger partial charge in [0.1, 0.15) is 12.4 Å². The molecule has 0 aromatic heterocycles. The smallest absolute Gasteiger partial charge is 0.321 e. The predicted molar refractivity (Wildman–Crippen MR) is 95.2 cm³/mol. The summed E-state index contributed by atoms with van der Waals surface area (Å²) in [4.78, 5) is 25.7. The van der Waals surface area contributed by atoms with Crippen molar-refractivity contribution in [2.24, 2.45) is 0 Å². The maximum absolute atomic E-state index is 12.1. The zero-order valence-electron chi connectivity index (χ0n) is 15.5. The van der Waals surface area contributed by atoms with Gasteiger partial charge in [-0.3, -0.25) is 15.0 Å². The summed E-state index contributed by atoms with van der Waals surface area (Å²) in [6.45, 7) is 10.4. The number of hydrogen-bond donors (Lipinski definition) is 2. The Morgan fingerprint density at radius 1 is 1.25 bits per heavy atom. The Morgan fingerprint density at radius 3 is 2.46 bits per heavy atom. The van der Waals surface area contributed by atoms with E-state index in [1.807, 2.05) is 63.9 Å². The average Bonchev–Trinajstić information content (AvgIpc) is 2.46. The van der Waals surface area contributed by atoms with Crippen molar-refractivity contribution in [3.8, 4) is 5.75 Å². The maximum atomic E-state index is 12.1. The van der Waals surface area contributed by atoms with Gasteiger partial charge in [-0.2, -0.15) is 0 Å². The van der Waals surface area contributed by atoms with E-state index in [0.29, 0.717) is 13.2 Å². The molecule has 134 valence electrons. The number of urea groups is 1. The van der Waals surface area contributed by atoms with Gasteiger partial charge in [-0.1, -0.05) is 18.2 Å². The minimum absolute atomic E-state index is 0.338. The van der Waals surface area contributed by atoms with Crippen LogP contribution in [-0.4, -0.2) is 48.6 Å². The summed E-state index contributed by atoms with van der Waals surface area (Å²) in [5.74, 6) is 0.503. The molecule has 0 fully saturated rings. The summed E-state index contributed by atoms with van der Waals surface area (Å²) < 4.78 is 5.73. The third-order valence-electron chi connectivity index (χ3n) is 3.56. The van der Waals surface area contributed by atoms with Crippen molar-refractivity contribution in [3.05, 3.63) is 29.8 Å². The SMILES string of the molecule is Cc1ccccc1OCCN(C)[C@@H](C)C(=O)NC(=O)NC(C)(C)C. The summed E-state index contributed by atoms with van der Waals surface area (Å²) >= 11 is 0. The molecule has 0 heterocycles. The summed E-state index contributed by atoms with van der Waals surface area (Å²) in [7, 11) is 1.83. The molecule has 0 unspecified atom stereocenters. The maximum Gasteiger partial charge on any atom is 0.321 e. The molecule has 1 aromatic rings. The molecule has 0 saturated heterocycles. The molecule has 24 heavy (non-hydrogen) atoms. The summed E-state index contributed by atoms with van der Waals surface area (Å²) in [5, 5.41) is 5.06. The number of rotatable bonds is 6. The van der Waals surface area contributed by atoms with E-state index in [0.717, 1.165) is 11.3 Å². The third kappa shape index (κ3) is 7.00. The summed E-state index contributed by atoms with van der Waals surface area (Å²) in [6, 6.07) is 6.88. The van der Waals surface area contributed by atoms with Gasteiger partial charge in [0.05, 0.1) is 6.04 Å². The first-order valence-corrected chi connectivity index (χ1v) is 8.12. The fourth-order valence-electron chi connectivity index (χ4n) is 2.00. The molecule has 1 rings (SSSR count). The Morgan fingerprint density at radius 2 is 1.88 bits per heavy atom. The topological polar surface area (TPSA) is 70.7 Å². The molecule has 0 spiro atoms. The van der Waals surface area contributed by atoms with Gasteiger partial charge in [-0.15, -0.1) is 0 Å². The molecule has 0 aliphatic rings. The number of aryl methyl sites for hydroxylation is 1. The summed E-state index contributed by atoms with van der Waals surface area (Å²) in [6.07, 6.45) is 0. The molecule has 0 aliphatic heterocycles. The van der Waals surface area contributed by atoms with Crippen molar-refractivity contribution in [2.75, 3.05) is 20.2 Å². The second-order valence-electron chi connectivity index (χ2n) is 6.96. The highest BCUT2D eigenvalue weighted by atomic mass is 16.5. The van der Waals surface area contributed by atoms with Crippen LogP contribution in [0.15, 0.2) is 24.3 Å². The van der Waals surface area contributed by atoms with E-state index in [1.54, 1.807) is 6.92 Å². The van der Waals surface area contributed by atoms with E-state index in [4.69, 9.17) is 4.74 Å². The molecule has 3 amide bonds. The van der Waals surface area contributed by atoms with Crippen molar-refractivity contribution >= 4 is 11.9 Å². The second-order valence-corrected chi connectivity index (χ2v) is 6.96. The van der Waals surface area contributed by atoms with Crippen molar-refractivity contribution in [2.45, 2.75) is 46.2 Å². The first-order valence-electron chi connectivity index (χ1n) is 8.12. The number of carbonyl (C=O) groups is 2. The molecular weight excluding hydrogens is 306 g/mol. The largest absolute Gasteiger partial charge is 0.492 e. The lowest BCUT2D eigenvalue weighted by atomic mass is 10.1. The zero-order chi connectivity index (χ0) is 18.3. The Hall–Kier alpha value is -2.08.